The molecule has 0 saturated heterocycles. The Morgan fingerprint density at radius 3 is 2.33 bits per heavy atom. The lowest BCUT2D eigenvalue weighted by atomic mass is 10.0. The van der Waals surface area contributed by atoms with E-state index in [4.69, 9.17) is 4.18 Å². The van der Waals surface area contributed by atoms with Crippen LogP contribution in [0.2, 0.25) is 0 Å². The number of benzene rings is 1. The molecule has 0 unspecified atom stereocenters. The zero-order chi connectivity index (χ0) is 13.8. The second-order valence-electron chi connectivity index (χ2n) is 4.50. The van der Waals surface area contributed by atoms with E-state index in [1.807, 2.05) is 20.8 Å². The lowest BCUT2D eigenvalue weighted by molar-refractivity contribution is 0.0646. The van der Waals surface area contributed by atoms with Crippen molar-refractivity contribution in [2.45, 2.75) is 38.2 Å². The van der Waals surface area contributed by atoms with E-state index in [0.29, 0.717) is 0 Å². The molecule has 0 amide bonds. The van der Waals surface area contributed by atoms with Crippen molar-refractivity contribution in [1.29, 1.82) is 0 Å². The maximum Gasteiger partial charge on any atom is 0.297 e. The van der Waals surface area contributed by atoms with Crippen molar-refractivity contribution in [2.75, 3.05) is 6.61 Å². The van der Waals surface area contributed by atoms with Gasteiger partial charge in [-0.2, -0.15) is 8.42 Å². The van der Waals surface area contributed by atoms with Crippen molar-refractivity contribution in [3.05, 3.63) is 29.8 Å². The van der Waals surface area contributed by atoms with Gasteiger partial charge in [0.1, 0.15) is 0 Å². The number of aliphatic hydroxyl groups is 1. The molecule has 1 aromatic carbocycles. The summed E-state index contributed by atoms with van der Waals surface area (Å²) in [5.41, 5.74) is 0.980. The first-order valence-corrected chi connectivity index (χ1v) is 7.41. The van der Waals surface area contributed by atoms with Crippen LogP contribution in [0, 0.1) is 12.8 Å². The van der Waals surface area contributed by atoms with Crippen LogP contribution in [0.5, 0.6) is 0 Å². The van der Waals surface area contributed by atoms with Crippen LogP contribution in [0.3, 0.4) is 0 Å². The van der Waals surface area contributed by atoms with Crippen molar-refractivity contribution in [3.63, 3.8) is 0 Å². The minimum atomic E-state index is -3.77. The lowest BCUT2D eigenvalue weighted by Gasteiger charge is -2.16. The van der Waals surface area contributed by atoms with E-state index in [9.17, 15) is 13.5 Å². The number of hydrogen-bond acceptors (Lipinski definition) is 4. The fourth-order valence-corrected chi connectivity index (χ4v) is 2.29. The molecule has 0 aromatic heterocycles. The summed E-state index contributed by atoms with van der Waals surface area (Å²) < 4.78 is 28.5. The van der Waals surface area contributed by atoms with E-state index in [0.717, 1.165) is 12.0 Å². The Hall–Kier alpha value is -0.910. The highest BCUT2D eigenvalue weighted by Gasteiger charge is 2.19. The molecule has 0 saturated carbocycles. The monoisotopic (exact) mass is 272 g/mol. The van der Waals surface area contributed by atoms with Gasteiger partial charge in [-0.05, 0) is 25.0 Å². The molecule has 1 N–H and O–H groups in total. The highest BCUT2D eigenvalue weighted by Crippen LogP contribution is 2.15. The van der Waals surface area contributed by atoms with Crippen LogP contribution < -0.4 is 0 Å². The van der Waals surface area contributed by atoms with Gasteiger partial charge < -0.3 is 5.11 Å². The zero-order valence-corrected chi connectivity index (χ0v) is 11.8. The summed E-state index contributed by atoms with van der Waals surface area (Å²) in [6.07, 6.45) is 0.00461. The fraction of sp³-hybridized carbons (Fsp3) is 0.538. The van der Waals surface area contributed by atoms with Crippen LogP contribution in [0.15, 0.2) is 29.2 Å². The number of rotatable bonds is 6. The molecule has 102 valence electrons. The molecule has 0 aliphatic heterocycles. The Bertz CT molecular complexity index is 464. The summed E-state index contributed by atoms with van der Waals surface area (Å²) in [6.45, 7) is 5.46. The summed E-state index contributed by atoms with van der Waals surface area (Å²) in [5.74, 6) is 0.0122. The molecule has 0 aliphatic carbocycles. The van der Waals surface area contributed by atoms with Gasteiger partial charge in [0.15, 0.2) is 0 Å². The fourth-order valence-electron chi connectivity index (χ4n) is 1.37. The van der Waals surface area contributed by atoms with Crippen molar-refractivity contribution >= 4 is 10.1 Å². The van der Waals surface area contributed by atoms with Gasteiger partial charge in [0, 0.05) is 0 Å². The van der Waals surface area contributed by atoms with Crippen LogP contribution in [0.25, 0.3) is 0 Å². The van der Waals surface area contributed by atoms with Crippen LogP contribution >= 0.6 is 0 Å². The Labute approximate surface area is 109 Å². The van der Waals surface area contributed by atoms with Crippen molar-refractivity contribution < 1.29 is 17.7 Å². The quantitative estimate of drug-likeness (QED) is 0.806. The molecule has 18 heavy (non-hydrogen) atoms. The second-order valence-corrected chi connectivity index (χ2v) is 6.12. The third-order valence-electron chi connectivity index (χ3n) is 3.00. The van der Waals surface area contributed by atoms with E-state index in [2.05, 4.69) is 0 Å². The largest absolute Gasteiger partial charge is 0.390 e. The Balaban J connectivity index is 2.68. The molecule has 0 spiro atoms. The average molecular weight is 272 g/mol. The molecule has 0 radical (unpaired) electrons. The predicted octanol–water partition coefficient (Wildman–Crippen LogP) is 2.11. The van der Waals surface area contributed by atoms with Gasteiger partial charge in [-0.1, -0.05) is 38.0 Å². The van der Waals surface area contributed by atoms with Crippen molar-refractivity contribution in [3.8, 4) is 0 Å². The Morgan fingerprint density at radius 2 is 1.83 bits per heavy atom. The number of hydrogen-bond donors (Lipinski definition) is 1. The molecular formula is C13H20O4S. The van der Waals surface area contributed by atoms with Crippen molar-refractivity contribution in [1.82, 2.24) is 0 Å². The molecule has 0 heterocycles. The van der Waals surface area contributed by atoms with E-state index in [1.165, 1.54) is 12.1 Å². The highest BCUT2D eigenvalue weighted by molar-refractivity contribution is 7.86. The summed E-state index contributed by atoms with van der Waals surface area (Å²) in [7, 11) is -3.77. The van der Waals surface area contributed by atoms with Gasteiger partial charge >= 0.3 is 0 Å². The molecule has 0 fully saturated rings. The van der Waals surface area contributed by atoms with Gasteiger partial charge in [-0.15, -0.1) is 0 Å². The first-order valence-electron chi connectivity index (χ1n) is 6.01. The third kappa shape index (κ3) is 4.08. The second kappa shape index (κ2) is 6.31. The van der Waals surface area contributed by atoms with E-state index in [1.54, 1.807) is 12.1 Å². The van der Waals surface area contributed by atoms with E-state index >= 15 is 0 Å². The van der Waals surface area contributed by atoms with Crippen molar-refractivity contribution in [2.24, 2.45) is 5.92 Å². The van der Waals surface area contributed by atoms with Gasteiger partial charge in [0.25, 0.3) is 10.1 Å². The maximum atomic E-state index is 11.8. The first kappa shape index (κ1) is 15.1. The normalized spacial score (nSPS) is 15.3. The van der Waals surface area contributed by atoms with Gasteiger partial charge in [0.2, 0.25) is 0 Å². The SMILES string of the molecule is CC[C@H](C)[C@@H](O)COS(=O)(=O)c1ccc(C)cc1. The third-order valence-corrected chi connectivity index (χ3v) is 4.30. The molecule has 1 aromatic rings. The predicted molar refractivity (Wildman–Crippen MR) is 69.8 cm³/mol. The van der Waals surface area contributed by atoms with Crippen LogP contribution in [0.1, 0.15) is 25.8 Å². The number of aliphatic hydroxyl groups excluding tert-OH is 1. The van der Waals surface area contributed by atoms with Crippen LogP contribution in [-0.4, -0.2) is 26.2 Å². The Morgan fingerprint density at radius 1 is 1.28 bits per heavy atom. The molecular weight excluding hydrogens is 252 g/mol. The van der Waals surface area contributed by atoms with Gasteiger partial charge in [0.05, 0.1) is 17.6 Å². The maximum absolute atomic E-state index is 11.8. The van der Waals surface area contributed by atoms with E-state index < -0.39 is 16.2 Å². The molecule has 0 bridgehead atoms. The lowest BCUT2D eigenvalue weighted by Crippen LogP contribution is -2.25. The summed E-state index contributed by atoms with van der Waals surface area (Å²) in [6, 6.07) is 6.42. The summed E-state index contributed by atoms with van der Waals surface area (Å²) in [4.78, 5) is 0.115. The summed E-state index contributed by atoms with van der Waals surface area (Å²) >= 11 is 0. The highest BCUT2D eigenvalue weighted by atomic mass is 32.2. The molecule has 0 aliphatic rings. The smallest absolute Gasteiger partial charge is 0.297 e. The minimum Gasteiger partial charge on any atom is -0.390 e. The molecule has 1 rings (SSSR count). The van der Waals surface area contributed by atoms with Crippen LogP contribution in [-0.2, 0) is 14.3 Å². The summed E-state index contributed by atoms with van der Waals surface area (Å²) in [5, 5.41) is 9.68. The molecule has 2 atom stereocenters. The standard InChI is InChI=1S/C13H20O4S/c1-4-11(3)13(14)9-17-18(15,16)12-7-5-10(2)6-8-12/h5-8,11,13-14H,4,9H2,1-3H3/t11-,13-/m0/s1. The molecule has 5 heteroatoms. The van der Waals surface area contributed by atoms with Gasteiger partial charge in [-0.3, -0.25) is 4.18 Å². The number of aryl methyl sites for hydroxylation is 1. The Kier molecular flexibility index (Phi) is 5.31. The first-order chi connectivity index (χ1) is 8.36. The van der Waals surface area contributed by atoms with E-state index in [-0.39, 0.29) is 17.4 Å². The zero-order valence-electron chi connectivity index (χ0n) is 11.0. The average Bonchev–Trinajstić information content (AvgIpc) is 2.35. The molecule has 4 nitrogen and oxygen atoms in total. The van der Waals surface area contributed by atoms with Gasteiger partial charge in [-0.25, -0.2) is 0 Å². The van der Waals surface area contributed by atoms with Crippen LogP contribution in [0.4, 0.5) is 0 Å². The minimum absolute atomic E-state index is 0.0122. The topological polar surface area (TPSA) is 63.6 Å².